The molecular weight excluding hydrogens is 360 g/mol. The van der Waals surface area contributed by atoms with Crippen LogP contribution in [-0.4, -0.2) is 0 Å². The van der Waals surface area contributed by atoms with Gasteiger partial charge < -0.3 is 0 Å². The molecule has 0 heterocycles. The lowest BCUT2D eigenvalue weighted by Crippen LogP contribution is -1.83. The van der Waals surface area contributed by atoms with Gasteiger partial charge in [0.25, 0.3) is 0 Å². The maximum Gasteiger partial charge on any atom is -0.0348 e. The zero-order chi connectivity index (χ0) is 21.2. The first-order valence-electron chi connectivity index (χ1n) is 12.6. The van der Waals surface area contributed by atoms with Gasteiger partial charge in [-0.1, -0.05) is 162 Å². The Bertz CT molecular complexity index is 501. The van der Waals surface area contributed by atoms with E-state index in [9.17, 15) is 0 Å². The quantitative estimate of drug-likeness (QED) is 0.375. The van der Waals surface area contributed by atoms with E-state index in [0.717, 1.165) is 0 Å². The molecule has 0 saturated carbocycles. The summed E-state index contributed by atoms with van der Waals surface area (Å²) < 4.78 is 0. The highest BCUT2D eigenvalue weighted by atomic mass is 14.0. The largest absolute Gasteiger partial charge is 0.0845 e. The van der Waals surface area contributed by atoms with Crippen molar-refractivity contribution in [3.8, 4) is 0 Å². The van der Waals surface area contributed by atoms with E-state index >= 15 is 0 Å². The summed E-state index contributed by atoms with van der Waals surface area (Å²) in [6, 6.07) is 0. The molecule has 0 N–H and O–H groups in total. The van der Waals surface area contributed by atoms with E-state index in [1.165, 1.54) is 103 Å². The second-order valence-corrected chi connectivity index (χ2v) is 8.31. The maximum atomic E-state index is 2.29. The van der Waals surface area contributed by atoms with Crippen molar-refractivity contribution in [2.75, 3.05) is 0 Å². The zero-order valence-corrected chi connectivity index (χ0v) is 19.4. The number of allylic oxidation sites excluding steroid dienone is 14. The Hall–Kier alpha value is -1.82. The molecule has 0 atom stereocenters. The fraction of sp³-hybridized carbons (Fsp3) is 0.533. The molecule has 0 spiro atoms. The molecule has 0 heteroatoms. The van der Waals surface area contributed by atoms with Crippen LogP contribution in [0.25, 0.3) is 0 Å². The molecule has 166 valence electrons. The van der Waals surface area contributed by atoms with Crippen molar-refractivity contribution in [2.45, 2.75) is 103 Å². The first-order chi connectivity index (χ1) is 15.0. The summed E-state index contributed by atoms with van der Waals surface area (Å²) in [4.78, 5) is 0. The maximum absolute atomic E-state index is 2.29. The van der Waals surface area contributed by atoms with E-state index in [-0.39, 0.29) is 0 Å². The van der Waals surface area contributed by atoms with Gasteiger partial charge in [0, 0.05) is 0 Å². The lowest BCUT2D eigenvalue weighted by atomic mass is 10.0. The Balaban J connectivity index is 2.29. The fourth-order valence-electron chi connectivity index (χ4n) is 3.64. The predicted octanol–water partition coefficient (Wildman–Crippen LogP) is 10.1. The van der Waals surface area contributed by atoms with Gasteiger partial charge in [-0.15, -0.1) is 0 Å². The minimum absolute atomic E-state index is 1.21. The van der Waals surface area contributed by atoms with E-state index < -0.39 is 0 Å². The molecular formula is C30H46. The second-order valence-electron chi connectivity index (χ2n) is 8.31. The van der Waals surface area contributed by atoms with Crippen LogP contribution in [0.5, 0.6) is 0 Å². The normalized spacial score (nSPS) is 26.7. The highest BCUT2D eigenvalue weighted by Crippen LogP contribution is 2.14. The topological polar surface area (TPSA) is 0 Å². The monoisotopic (exact) mass is 406 g/mol. The van der Waals surface area contributed by atoms with Crippen molar-refractivity contribution in [1.82, 2.24) is 0 Å². The lowest BCUT2D eigenvalue weighted by Gasteiger charge is -2.03. The number of hydrogen-bond acceptors (Lipinski definition) is 0. The molecule has 1 aliphatic carbocycles. The van der Waals surface area contributed by atoms with Crippen molar-refractivity contribution in [3.63, 3.8) is 0 Å². The molecule has 0 aromatic carbocycles. The molecule has 0 amide bonds. The van der Waals surface area contributed by atoms with Crippen molar-refractivity contribution in [2.24, 2.45) is 0 Å². The minimum atomic E-state index is 1.21. The van der Waals surface area contributed by atoms with Gasteiger partial charge in [-0.2, -0.15) is 0 Å². The van der Waals surface area contributed by atoms with E-state index in [1.54, 1.807) is 0 Å². The van der Waals surface area contributed by atoms with Gasteiger partial charge in [0.2, 0.25) is 0 Å². The van der Waals surface area contributed by atoms with Crippen molar-refractivity contribution < 1.29 is 0 Å². The highest BCUT2D eigenvalue weighted by molar-refractivity contribution is 5.20. The van der Waals surface area contributed by atoms with Crippen LogP contribution in [0.15, 0.2) is 85.1 Å². The van der Waals surface area contributed by atoms with Gasteiger partial charge in [0.1, 0.15) is 0 Å². The molecule has 0 aliphatic heterocycles. The van der Waals surface area contributed by atoms with E-state index in [4.69, 9.17) is 0 Å². The van der Waals surface area contributed by atoms with Gasteiger partial charge >= 0.3 is 0 Å². The van der Waals surface area contributed by atoms with Gasteiger partial charge in [0.15, 0.2) is 0 Å². The highest BCUT2D eigenvalue weighted by Gasteiger charge is 1.94. The van der Waals surface area contributed by atoms with Gasteiger partial charge in [-0.25, -0.2) is 0 Å². The Morgan fingerprint density at radius 3 is 0.667 bits per heavy atom. The summed E-state index contributed by atoms with van der Waals surface area (Å²) >= 11 is 0. The molecule has 0 bridgehead atoms. The van der Waals surface area contributed by atoms with E-state index in [2.05, 4.69) is 85.1 Å². The second kappa shape index (κ2) is 23.5. The molecule has 0 aromatic rings. The molecule has 0 radical (unpaired) electrons. The van der Waals surface area contributed by atoms with E-state index in [0.29, 0.717) is 0 Å². The van der Waals surface area contributed by atoms with Crippen LogP contribution in [0.2, 0.25) is 0 Å². The zero-order valence-electron chi connectivity index (χ0n) is 19.4. The fourth-order valence-corrected chi connectivity index (χ4v) is 3.64. The minimum Gasteiger partial charge on any atom is -0.0845 e. The first-order valence-corrected chi connectivity index (χ1v) is 12.6. The van der Waals surface area contributed by atoms with Crippen molar-refractivity contribution in [1.29, 1.82) is 0 Å². The summed E-state index contributed by atoms with van der Waals surface area (Å²) in [5.74, 6) is 0. The van der Waals surface area contributed by atoms with Crippen LogP contribution in [0.4, 0.5) is 0 Å². The third-order valence-corrected chi connectivity index (χ3v) is 5.49. The van der Waals surface area contributed by atoms with Gasteiger partial charge in [-0.3, -0.25) is 0 Å². The lowest BCUT2D eigenvalue weighted by molar-refractivity contribution is 0.534. The van der Waals surface area contributed by atoms with Crippen molar-refractivity contribution >= 4 is 0 Å². The Morgan fingerprint density at radius 1 is 0.200 bits per heavy atom. The van der Waals surface area contributed by atoms with Crippen LogP contribution >= 0.6 is 0 Å². The SMILES string of the molecule is C1=CCCCCCCCCCCCCCCCC/C=C/C=C/C=C/C=C/C=C\C=C\1. The van der Waals surface area contributed by atoms with Crippen molar-refractivity contribution in [3.05, 3.63) is 85.1 Å². The summed E-state index contributed by atoms with van der Waals surface area (Å²) in [5.41, 5.74) is 0. The third-order valence-electron chi connectivity index (χ3n) is 5.49. The summed E-state index contributed by atoms with van der Waals surface area (Å²) in [5, 5.41) is 0. The average Bonchev–Trinajstić information content (AvgIpc) is 2.76. The predicted molar refractivity (Wildman–Crippen MR) is 138 cm³/mol. The molecule has 1 rings (SSSR count). The first kappa shape index (κ1) is 26.2. The smallest absolute Gasteiger partial charge is 0.0348 e. The molecule has 30 heavy (non-hydrogen) atoms. The van der Waals surface area contributed by atoms with Crippen LogP contribution in [0.1, 0.15) is 103 Å². The molecule has 0 fully saturated rings. The van der Waals surface area contributed by atoms with Crippen LogP contribution in [0.3, 0.4) is 0 Å². The molecule has 1 aliphatic rings. The van der Waals surface area contributed by atoms with Crippen LogP contribution in [-0.2, 0) is 0 Å². The van der Waals surface area contributed by atoms with Crippen LogP contribution < -0.4 is 0 Å². The summed E-state index contributed by atoms with van der Waals surface area (Å²) in [7, 11) is 0. The summed E-state index contributed by atoms with van der Waals surface area (Å²) in [6.45, 7) is 0. The molecule has 0 saturated heterocycles. The molecule has 0 unspecified atom stereocenters. The van der Waals surface area contributed by atoms with Gasteiger partial charge in [0.05, 0.1) is 0 Å². The number of hydrogen-bond donors (Lipinski definition) is 0. The van der Waals surface area contributed by atoms with Crippen LogP contribution in [0, 0.1) is 0 Å². The third kappa shape index (κ3) is 20.9. The standard InChI is InChI=1S/C30H46/c1-2-4-6-8-10-12-14-16-18-20-22-24-26-28-30-29-27-25-23-21-19-17-15-13-11-9-7-5-3-1/h1-14H,15-30H2/b2-1+,5-3-,6-4+,9-7+,10-8+,13-11?,14-12+. The number of rotatable bonds is 0. The Labute approximate surface area is 187 Å². The Kier molecular flexibility index (Phi) is 20.5. The van der Waals surface area contributed by atoms with Gasteiger partial charge in [-0.05, 0) is 25.7 Å². The molecule has 0 aromatic heterocycles. The Morgan fingerprint density at radius 2 is 0.400 bits per heavy atom. The average molecular weight is 407 g/mol. The summed E-state index contributed by atoms with van der Waals surface area (Å²) in [6.07, 6.45) is 52.0. The molecule has 0 nitrogen and oxygen atoms in total. The van der Waals surface area contributed by atoms with E-state index in [1.807, 2.05) is 0 Å².